The van der Waals surface area contributed by atoms with Gasteiger partial charge in [0.25, 0.3) is 5.92 Å². The third kappa shape index (κ3) is 1.78. The Balaban J connectivity index is 2.80. The summed E-state index contributed by atoms with van der Waals surface area (Å²) in [7, 11) is 0. The lowest BCUT2D eigenvalue weighted by molar-refractivity contribution is 0.00713. The maximum Gasteiger partial charge on any atom is 0.266 e. The van der Waals surface area contributed by atoms with Crippen molar-refractivity contribution in [3.05, 3.63) is 12.2 Å². The lowest BCUT2D eigenvalue weighted by Crippen LogP contribution is -2.32. The molecule has 0 aromatic carbocycles. The number of rotatable bonds is 0. The van der Waals surface area contributed by atoms with Gasteiger partial charge in [-0.15, -0.1) is 6.42 Å². The highest BCUT2D eigenvalue weighted by Gasteiger charge is 2.35. The first-order valence-corrected chi connectivity index (χ1v) is 3.26. The molecule has 11 heavy (non-hydrogen) atoms. The second kappa shape index (κ2) is 2.31. The van der Waals surface area contributed by atoms with Crippen LogP contribution in [-0.4, -0.2) is 16.6 Å². The maximum atomic E-state index is 12.4. The third-order valence-corrected chi connectivity index (χ3v) is 1.69. The van der Waals surface area contributed by atoms with Gasteiger partial charge in [0.2, 0.25) is 0 Å². The van der Waals surface area contributed by atoms with Crippen molar-refractivity contribution in [3.63, 3.8) is 0 Å². The molecule has 0 heterocycles. The van der Waals surface area contributed by atoms with Crippen LogP contribution in [-0.2, 0) is 0 Å². The van der Waals surface area contributed by atoms with Crippen molar-refractivity contribution in [2.45, 2.75) is 24.4 Å². The number of aliphatic hydroxyl groups is 1. The number of alkyl halides is 2. The van der Waals surface area contributed by atoms with Crippen molar-refractivity contribution in [1.29, 1.82) is 0 Å². The fourth-order valence-corrected chi connectivity index (χ4v) is 0.904. The van der Waals surface area contributed by atoms with Gasteiger partial charge in [-0.3, -0.25) is 0 Å². The first-order chi connectivity index (χ1) is 4.97. The Labute approximate surface area is 63.7 Å². The van der Waals surface area contributed by atoms with Gasteiger partial charge >= 0.3 is 0 Å². The second-order valence-electron chi connectivity index (χ2n) is 2.66. The van der Waals surface area contributed by atoms with E-state index in [4.69, 9.17) is 6.42 Å². The molecule has 0 fully saturated rings. The molecule has 0 aliphatic heterocycles. The van der Waals surface area contributed by atoms with E-state index in [0.717, 1.165) is 6.08 Å². The molecule has 1 aliphatic rings. The summed E-state index contributed by atoms with van der Waals surface area (Å²) in [5.74, 6) is -0.749. The molecular weight excluding hydrogens is 150 g/mol. The molecule has 1 rings (SSSR count). The van der Waals surface area contributed by atoms with Crippen LogP contribution >= 0.6 is 0 Å². The van der Waals surface area contributed by atoms with Gasteiger partial charge in [-0.2, -0.15) is 0 Å². The molecule has 0 spiro atoms. The molecule has 1 atom stereocenters. The van der Waals surface area contributed by atoms with E-state index >= 15 is 0 Å². The second-order valence-corrected chi connectivity index (χ2v) is 2.66. The van der Waals surface area contributed by atoms with Crippen molar-refractivity contribution >= 4 is 0 Å². The van der Waals surface area contributed by atoms with Crippen LogP contribution in [0.1, 0.15) is 12.8 Å². The van der Waals surface area contributed by atoms with Crippen LogP contribution in [0.4, 0.5) is 8.78 Å². The summed E-state index contributed by atoms with van der Waals surface area (Å²) in [6, 6.07) is 0. The van der Waals surface area contributed by atoms with Crippen molar-refractivity contribution < 1.29 is 13.9 Å². The fraction of sp³-hybridized carbons (Fsp3) is 0.500. The van der Waals surface area contributed by atoms with E-state index in [1.165, 1.54) is 0 Å². The number of halogens is 2. The smallest absolute Gasteiger partial charge is 0.266 e. The first kappa shape index (κ1) is 8.22. The lowest BCUT2D eigenvalue weighted by Gasteiger charge is -2.25. The molecule has 1 aliphatic carbocycles. The van der Waals surface area contributed by atoms with E-state index in [1.54, 1.807) is 0 Å². The third-order valence-electron chi connectivity index (χ3n) is 1.69. The van der Waals surface area contributed by atoms with Crippen LogP contribution in [0.2, 0.25) is 0 Å². The van der Waals surface area contributed by atoms with Gasteiger partial charge in [-0.05, 0) is 18.6 Å². The topological polar surface area (TPSA) is 20.2 Å². The average Bonchev–Trinajstić information content (AvgIpc) is 1.97. The minimum atomic E-state index is -2.80. The summed E-state index contributed by atoms with van der Waals surface area (Å²) in [6.07, 6.45) is 6.11. The van der Waals surface area contributed by atoms with E-state index in [2.05, 4.69) is 5.92 Å². The van der Waals surface area contributed by atoms with Crippen molar-refractivity contribution in [1.82, 2.24) is 0 Å². The molecular formula is C8H8F2O. The number of allylic oxidation sites excluding steroid dienone is 1. The van der Waals surface area contributed by atoms with Crippen LogP contribution in [0.15, 0.2) is 12.2 Å². The van der Waals surface area contributed by atoms with Gasteiger partial charge in [-0.1, -0.05) is 5.92 Å². The van der Waals surface area contributed by atoms with E-state index < -0.39 is 11.5 Å². The van der Waals surface area contributed by atoms with Gasteiger partial charge in [0.05, 0.1) is 0 Å². The van der Waals surface area contributed by atoms with E-state index in [1.807, 2.05) is 0 Å². The molecule has 0 aromatic rings. The van der Waals surface area contributed by atoms with Crippen LogP contribution in [0, 0.1) is 12.3 Å². The van der Waals surface area contributed by atoms with Gasteiger partial charge in [0.15, 0.2) is 0 Å². The molecule has 0 amide bonds. The summed E-state index contributed by atoms with van der Waals surface area (Å²) in [5, 5.41) is 9.26. The van der Waals surface area contributed by atoms with Gasteiger partial charge in [0, 0.05) is 6.42 Å². The van der Waals surface area contributed by atoms with Crippen LogP contribution in [0.25, 0.3) is 0 Å². The summed E-state index contributed by atoms with van der Waals surface area (Å²) >= 11 is 0. The quantitative estimate of drug-likeness (QED) is 0.416. The van der Waals surface area contributed by atoms with Crippen LogP contribution in [0.5, 0.6) is 0 Å². The predicted octanol–water partition coefficient (Wildman–Crippen LogP) is 1.34. The molecule has 1 nitrogen and oxygen atoms in total. The number of terminal acetylenes is 1. The van der Waals surface area contributed by atoms with Crippen molar-refractivity contribution in [2.24, 2.45) is 0 Å². The van der Waals surface area contributed by atoms with Gasteiger partial charge in [0.1, 0.15) is 5.60 Å². The maximum absolute atomic E-state index is 12.4. The fourth-order valence-electron chi connectivity index (χ4n) is 0.904. The summed E-state index contributed by atoms with van der Waals surface area (Å²) < 4.78 is 24.8. The minimum absolute atomic E-state index is 0.0764. The largest absolute Gasteiger partial charge is 0.374 e. The minimum Gasteiger partial charge on any atom is -0.374 e. The van der Waals surface area contributed by atoms with Crippen LogP contribution < -0.4 is 0 Å². The van der Waals surface area contributed by atoms with Crippen LogP contribution in [0.3, 0.4) is 0 Å². The Morgan fingerprint density at radius 2 is 2.00 bits per heavy atom. The van der Waals surface area contributed by atoms with Crippen molar-refractivity contribution in [3.8, 4) is 12.3 Å². The Bertz CT molecular complexity index is 227. The summed E-state index contributed by atoms with van der Waals surface area (Å²) in [5.41, 5.74) is -1.46. The number of hydrogen-bond donors (Lipinski definition) is 1. The molecule has 0 radical (unpaired) electrons. The SMILES string of the molecule is C#CC1(O)C=CC(F)(F)CC1. The molecule has 60 valence electrons. The standard InChI is InChI=1S/C8H8F2O/c1-2-7(11)3-5-8(9,10)6-4-7/h1,3,5,11H,4,6H2. The van der Waals surface area contributed by atoms with Gasteiger partial charge in [-0.25, -0.2) is 8.78 Å². The first-order valence-electron chi connectivity index (χ1n) is 3.26. The Hall–Kier alpha value is -0.880. The molecule has 0 bridgehead atoms. The summed E-state index contributed by atoms with van der Waals surface area (Å²) in [4.78, 5) is 0. The summed E-state index contributed by atoms with van der Waals surface area (Å²) in [6.45, 7) is 0. The highest BCUT2D eigenvalue weighted by molar-refractivity contribution is 5.23. The molecule has 1 N–H and O–H groups in total. The molecule has 1 unspecified atom stereocenters. The zero-order valence-corrected chi connectivity index (χ0v) is 5.85. The highest BCUT2D eigenvalue weighted by Crippen LogP contribution is 2.32. The van der Waals surface area contributed by atoms with E-state index in [-0.39, 0.29) is 12.8 Å². The monoisotopic (exact) mass is 158 g/mol. The molecule has 3 heteroatoms. The van der Waals surface area contributed by atoms with Crippen molar-refractivity contribution in [2.75, 3.05) is 0 Å². The molecule has 0 saturated heterocycles. The zero-order chi connectivity index (χ0) is 8.54. The Morgan fingerprint density at radius 3 is 2.36 bits per heavy atom. The molecule has 0 saturated carbocycles. The Kier molecular flexibility index (Phi) is 1.73. The normalized spacial score (nSPS) is 34.7. The van der Waals surface area contributed by atoms with E-state index in [0.29, 0.717) is 6.08 Å². The molecule has 0 aromatic heterocycles. The average molecular weight is 158 g/mol. The highest BCUT2D eigenvalue weighted by atomic mass is 19.3. The van der Waals surface area contributed by atoms with E-state index in [9.17, 15) is 13.9 Å². The zero-order valence-electron chi connectivity index (χ0n) is 5.85. The lowest BCUT2D eigenvalue weighted by atomic mass is 9.90. The Morgan fingerprint density at radius 1 is 1.36 bits per heavy atom. The predicted molar refractivity (Wildman–Crippen MR) is 37.1 cm³/mol. The number of hydrogen-bond acceptors (Lipinski definition) is 1. The van der Waals surface area contributed by atoms with Gasteiger partial charge < -0.3 is 5.11 Å².